The predicted molar refractivity (Wildman–Crippen MR) is 98.1 cm³/mol. The van der Waals surface area contributed by atoms with Crippen LogP contribution in [0.25, 0.3) is 10.8 Å². The Kier molecular flexibility index (Phi) is 4.09. The van der Waals surface area contributed by atoms with Gasteiger partial charge in [-0.15, -0.1) is 11.3 Å². The van der Waals surface area contributed by atoms with Gasteiger partial charge in [0.2, 0.25) is 5.91 Å². The molecule has 1 N–H and O–H groups in total. The highest BCUT2D eigenvalue weighted by atomic mass is 32.1. The minimum atomic E-state index is -0.282. The number of carbonyl (C=O) groups excluding carboxylic acids is 1. The average Bonchev–Trinajstić information content (AvgIpc) is 3.01. The summed E-state index contributed by atoms with van der Waals surface area (Å²) in [6, 6.07) is 7.31. The quantitative estimate of drug-likeness (QED) is 0.784. The Morgan fingerprint density at radius 3 is 2.80 bits per heavy atom. The first kappa shape index (κ1) is 16.0. The van der Waals surface area contributed by atoms with Crippen molar-refractivity contribution in [2.75, 3.05) is 5.32 Å². The number of nitrogens with zero attached hydrogens (tertiary/aromatic N) is 3. The molecule has 0 unspecified atom stereocenters. The Morgan fingerprint density at radius 2 is 2.00 bits per heavy atom. The van der Waals surface area contributed by atoms with E-state index < -0.39 is 0 Å². The van der Waals surface area contributed by atoms with Gasteiger partial charge < -0.3 is 5.32 Å². The molecule has 0 spiro atoms. The van der Waals surface area contributed by atoms with Crippen LogP contribution in [0.4, 0.5) is 5.13 Å². The molecule has 3 aromatic rings. The van der Waals surface area contributed by atoms with E-state index in [4.69, 9.17) is 0 Å². The Balaban J connectivity index is 1.57. The lowest BCUT2D eigenvalue weighted by Crippen LogP contribution is -2.30. The lowest BCUT2D eigenvalue weighted by atomic mass is 10.0. The van der Waals surface area contributed by atoms with Crippen LogP contribution in [-0.4, -0.2) is 20.7 Å². The van der Waals surface area contributed by atoms with Crippen LogP contribution in [0.3, 0.4) is 0 Å². The molecular weight excluding hydrogens is 336 g/mol. The summed E-state index contributed by atoms with van der Waals surface area (Å²) in [5.74, 6) is -0.282. The molecule has 0 radical (unpaired) electrons. The normalized spacial score (nSPS) is 13.6. The monoisotopic (exact) mass is 354 g/mol. The maximum atomic E-state index is 12.5. The highest BCUT2D eigenvalue weighted by Crippen LogP contribution is 2.29. The van der Waals surface area contributed by atoms with Crippen molar-refractivity contribution in [1.82, 2.24) is 14.8 Å². The Labute approximate surface area is 148 Å². The van der Waals surface area contributed by atoms with Crippen molar-refractivity contribution >= 4 is 33.1 Å². The molecular formula is C18H18N4O2S. The number of benzene rings is 1. The molecule has 7 heteroatoms. The number of hydrogen-bond donors (Lipinski definition) is 1. The fraction of sp³-hybridized carbons (Fsp3) is 0.333. The highest BCUT2D eigenvalue weighted by molar-refractivity contribution is 7.15. The molecule has 1 aliphatic rings. The van der Waals surface area contributed by atoms with Gasteiger partial charge in [-0.2, -0.15) is 5.10 Å². The van der Waals surface area contributed by atoms with Gasteiger partial charge in [0.25, 0.3) is 5.56 Å². The number of thiazole rings is 1. The van der Waals surface area contributed by atoms with Crippen LogP contribution >= 0.6 is 11.3 Å². The number of aromatic nitrogens is 3. The molecule has 0 aliphatic heterocycles. The molecule has 128 valence electrons. The van der Waals surface area contributed by atoms with Gasteiger partial charge in [-0.05, 0) is 38.7 Å². The molecule has 2 heterocycles. The topological polar surface area (TPSA) is 76.9 Å². The molecule has 6 nitrogen and oxygen atoms in total. The Bertz CT molecular complexity index is 998. The van der Waals surface area contributed by atoms with E-state index in [1.165, 1.54) is 27.3 Å². The molecule has 2 aromatic heterocycles. The number of carbonyl (C=O) groups is 1. The number of anilines is 1. The first-order valence-corrected chi connectivity index (χ1v) is 9.18. The molecule has 4 rings (SSSR count). The van der Waals surface area contributed by atoms with Gasteiger partial charge in [0.15, 0.2) is 5.13 Å². The zero-order valence-electron chi connectivity index (χ0n) is 13.9. The fourth-order valence-corrected chi connectivity index (χ4v) is 4.28. The van der Waals surface area contributed by atoms with Crippen molar-refractivity contribution in [3.8, 4) is 0 Å². The first-order chi connectivity index (χ1) is 12.1. The zero-order valence-corrected chi connectivity index (χ0v) is 14.7. The van der Waals surface area contributed by atoms with Crippen LogP contribution in [0, 0.1) is 6.92 Å². The Hall–Kier alpha value is -2.54. The summed E-state index contributed by atoms with van der Waals surface area (Å²) < 4.78 is 1.22. The zero-order chi connectivity index (χ0) is 17.4. The van der Waals surface area contributed by atoms with Crippen LogP contribution in [0.1, 0.15) is 29.1 Å². The van der Waals surface area contributed by atoms with E-state index in [9.17, 15) is 9.59 Å². The molecule has 0 saturated heterocycles. The van der Waals surface area contributed by atoms with Crippen molar-refractivity contribution in [2.24, 2.45) is 0 Å². The summed E-state index contributed by atoms with van der Waals surface area (Å²) in [5.41, 5.74) is 1.57. The lowest BCUT2D eigenvalue weighted by Gasteiger charge is -2.08. The molecule has 0 fully saturated rings. The fourth-order valence-electron chi connectivity index (χ4n) is 3.21. The smallest absolute Gasteiger partial charge is 0.275 e. The van der Waals surface area contributed by atoms with Gasteiger partial charge in [0, 0.05) is 10.3 Å². The molecule has 1 amide bonds. The van der Waals surface area contributed by atoms with Crippen LogP contribution in [0.5, 0.6) is 0 Å². The second kappa shape index (κ2) is 6.40. The van der Waals surface area contributed by atoms with Crippen LogP contribution in [0.15, 0.2) is 29.1 Å². The van der Waals surface area contributed by atoms with Crippen molar-refractivity contribution in [1.29, 1.82) is 0 Å². The minimum absolute atomic E-state index is 0.116. The van der Waals surface area contributed by atoms with Crippen molar-refractivity contribution in [2.45, 2.75) is 39.2 Å². The summed E-state index contributed by atoms with van der Waals surface area (Å²) in [4.78, 5) is 30.6. The van der Waals surface area contributed by atoms with Crippen molar-refractivity contribution in [3.63, 3.8) is 0 Å². The summed E-state index contributed by atoms with van der Waals surface area (Å²) >= 11 is 1.53. The molecule has 0 saturated carbocycles. The van der Waals surface area contributed by atoms with Crippen LogP contribution in [-0.2, 0) is 24.2 Å². The second-order valence-corrected chi connectivity index (χ2v) is 7.32. The van der Waals surface area contributed by atoms with Gasteiger partial charge in [-0.1, -0.05) is 18.2 Å². The predicted octanol–water partition coefficient (Wildman–Crippen LogP) is 2.68. The van der Waals surface area contributed by atoms with Crippen LogP contribution < -0.4 is 10.9 Å². The molecule has 1 aliphatic carbocycles. The third kappa shape index (κ3) is 3.07. The summed E-state index contributed by atoms with van der Waals surface area (Å²) in [6.07, 6.45) is 4.35. The van der Waals surface area contributed by atoms with E-state index in [0.717, 1.165) is 36.0 Å². The molecule has 0 bridgehead atoms. The van der Waals surface area contributed by atoms with Gasteiger partial charge in [-0.3, -0.25) is 9.59 Å². The maximum absolute atomic E-state index is 12.5. The van der Waals surface area contributed by atoms with Crippen molar-refractivity contribution in [3.05, 3.63) is 50.9 Å². The van der Waals surface area contributed by atoms with E-state index >= 15 is 0 Å². The number of rotatable bonds is 3. The van der Waals surface area contributed by atoms with E-state index in [-0.39, 0.29) is 18.0 Å². The van der Waals surface area contributed by atoms with Crippen LogP contribution in [0.2, 0.25) is 0 Å². The molecule has 0 atom stereocenters. The highest BCUT2D eigenvalue weighted by Gasteiger charge is 2.17. The van der Waals surface area contributed by atoms with E-state index in [1.807, 2.05) is 25.1 Å². The third-order valence-corrected chi connectivity index (χ3v) is 5.51. The second-order valence-electron chi connectivity index (χ2n) is 6.24. The molecule has 25 heavy (non-hydrogen) atoms. The van der Waals surface area contributed by atoms with E-state index in [2.05, 4.69) is 15.4 Å². The maximum Gasteiger partial charge on any atom is 0.275 e. The van der Waals surface area contributed by atoms with Gasteiger partial charge in [0.1, 0.15) is 6.54 Å². The van der Waals surface area contributed by atoms with E-state index in [0.29, 0.717) is 10.5 Å². The SMILES string of the molecule is Cc1nn(CC(=O)Nc2nc3c(s2)CCCC3)c(=O)c2ccccc12. The number of hydrogen-bond acceptors (Lipinski definition) is 5. The van der Waals surface area contributed by atoms with Gasteiger partial charge >= 0.3 is 0 Å². The first-order valence-electron chi connectivity index (χ1n) is 8.37. The summed E-state index contributed by atoms with van der Waals surface area (Å²) in [5, 5.41) is 9.09. The number of aryl methyl sites for hydroxylation is 3. The van der Waals surface area contributed by atoms with Gasteiger partial charge in [-0.25, -0.2) is 9.67 Å². The Morgan fingerprint density at radius 1 is 1.24 bits per heavy atom. The van der Waals surface area contributed by atoms with Gasteiger partial charge in [0.05, 0.1) is 16.8 Å². The summed E-state index contributed by atoms with van der Waals surface area (Å²) in [7, 11) is 0. The largest absolute Gasteiger partial charge is 0.300 e. The number of nitrogens with one attached hydrogen (secondary N) is 1. The lowest BCUT2D eigenvalue weighted by molar-refractivity contribution is -0.117. The summed E-state index contributed by atoms with van der Waals surface area (Å²) in [6.45, 7) is 1.72. The third-order valence-electron chi connectivity index (χ3n) is 4.44. The average molecular weight is 354 g/mol. The number of fused-ring (bicyclic) bond motifs is 2. The standard InChI is InChI=1S/C18H18N4O2S/c1-11-12-6-2-3-7-13(12)17(24)22(21-11)10-16(23)20-18-19-14-8-4-5-9-15(14)25-18/h2-3,6-7H,4-5,8-10H2,1H3,(H,19,20,23). The number of amides is 1. The van der Waals surface area contributed by atoms with Crippen molar-refractivity contribution < 1.29 is 4.79 Å². The minimum Gasteiger partial charge on any atom is -0.300 e. The van der Waals surface area contributed by atoms with E-state index in [1.54, 1.807) is 6.07 Å². The molecule has 1 aromatic carbocycles.